The molecule has 0 bridgehead atoms. The minimum atomic E-state index is -0.0605. The van der Waals surface area contributed by atoms with Crippen molar-refractivity contribution in [3.05, 3.63) is 71.3 Å². The van der Waals surface area contributed by atoms with E-state index in [1.54, 1.807) is 11.1 Å². The number of carbonyl (C=O) groups is 1. The Bertz CT molecular complexity index is 817. The SMILES string of the molecule is CCCC1S/C(=N\N=C\c2ccccc2)N(Cc2ccccc2C)C1=O. The zero-order chi connectivity index (χ0) is 18.4. The molecule has 134 valence electrons. The molecule has 0 aromatic heterocycles. The second-order valence-corrected chi connectivity index (χ2v) is 7.45. The van der Waals surface area contributed by atoms with Gasteiger partial charge in [0.15, 0.2) is 5.17 Å². The van der Waals surface area contributed by atoms with Crippen LogP contribution in [-0.4, -0.2) is 27.4 Å². The molecule has 0 N–H and O–H groups in total. The molecule has 3 rings (SSSR count). The smallest absolute Gasteiger partial charge is 0.242 e. The summed E-state index contributed by atoms with van der Waals surface area (Å²) in [5.74, 6) is 0.133. The number of carbonyl (C=O) groups excluding carboxylic acids is 1. The molecule has 0 saturated carbocycles. The molecule has 1 fully saturated rings. The Morgan fingerprint density at radius 1 is 1.12 bits per heavy atom. The number of amides is 1. The molecule has 1 aliphatic heterocycles. The van der Waals surface area contributed by atoms with Crippen LogP contribution in [0.25, 0.3) is 0 Å². The lowest BCUT2D eigenvalue weighted by molar-refractivity contribution is -0.126. The van der Waals surface area contributed by atoms with Crippen LogP contribution in [0.5, 0.6) is 0 Å². The molecular formula is C21H23N3OS. The van der Waals surface area contributed by atoms with Crippen LogP contribution >= 0.6 is 11.8 Å². The van der Waals surface area contributed by atoms with Gasteiger partial charge in [-0.25, -0.2) is 0 Å². The summed E-state index contributed by atoms with van der Waals surface area (Å²) in [7, 11) is 0. The topological polar surface area (TPSA) is 45.0 Å². The van der Waals surface area contributed by atoms with Crippen molar-refractivity contribution >= 4 is 29.1 Å². The van der Waals surface area contributed by atoms with Gasteiger partial charge >= 0.3 is 0 Å². The van der Waals surface area contributed by atoms with E-state index in [1.165, 1.54) is 17.3 Å². The molecule has 5 heteroatoms. The number of benzene rings is 2. The number of rotatable bonds is 6. The fraction of sp³-hybridized carbons (Fsp3) is 0.286. The third kappa shape index (κ3) is 4.41. The minimum Gasteiger partial charge on any atom is -0.284 e. The van der Waals surface area contributed by atoms with Crippen LogP contribution in [0.2, 0.25) is 0 Å². The third-order valence-corrected chi connectivity index (χ3v) is 5.54. The Balaban J connectivity index is 1.82. The van der Waals surface area contributed by atoms with Crippen LogP contribution in [0.3, 0.4) is 0 Å². The number of hydrogen-bond acceptors (Lipinski definition) is 4. The molecule has 2 aromatic carbocycles. The molecule has 1 unspecified atom stereocenters. The lowest BCUT2D eigenvalue weighted by Crippen LogP contribution is -2.31. The Kier molecular flexibility index (Phi) is 6.23. The summed E-state index contributed by atoms with van der Waals surface area (Å²) < 4.78 is 0. The average Bonchev–Trinajstić information content (AvgIpc) is 2.94. The summed E-state index contributed by atoms with van der Waals surface area (Å²) in [4.78, 5) is 14.6. The van der Waals surface area contributed by atoms with E-state index >= 15 is 0 Å². The summed E-state index contributed by atoms with van der Waals surface area (Å²) in [6.45, 7) is 4.71. The summed E-state index contributed by atoms with van der Waals surface area (Å²) >= 11 is 1.52. The first kappa shape index (κ1) is 18.4. The predicted molar refractivity (Wildman–Crippen MR) is 109 cm³/mol. The largest absolute Gasteiger partial charge is 0.284 e. The first-order valence-electron chi connectivity index (χ1n) is 8.87. The second-order valence-electron chi connectivity index (χ2n) is 6.28. The van der Waals surface area contributed by atoms with Crippen LogP contribution in [0.15, 0.2) is 64.8 Å². The van der Waals surface area contributed by atoms with Gasteiger partial charge in [0.2, 0.25) is 5.91 Å². The Hall–Kier alpha value is -2.40. The first-order valence-corrected chi connectivity index (χ1v) is 9.75. The van der Waals surface area contributed by atoms with E-state index in [2.05, 4.69) is 36.2 Å². The van der Waals surface area contributed by atoms with Crippen LogP contribution in [-0.2, 0) is 11.3 Å². The summed E-state index contributed by atoms with van der Waals surface area (Å²) in [6, 6.07) is 18.0. The molecule has 0 spiro atoms. The van der Waals surface area contributed by atoms with Crippen LogP contribution < -0.4 is 0 Å². The minimum absolute atomic E-state index is 0.0605. The number of thioether (sulfide) groups is 1. The lowest BCUT2D eigenvalue weighted by Gasteiger charge is -2.17. The Morgan fingerprint density at radius 2 is 1.85 bits per heavy atom. The first-order chi connectivity index (χ1) is 12.7. The normalized spacial score (nSPS) is 19.0. The molecule has 1 aliphatic rings. The van der Waals surface area contributed by atoms with Gasteiger partial charge in [0.05, 0.1) is 18.0 Å². The second kappa shape index (κ2) is 8.81. The highest BCUT2D eigenvalue weighted by atomic mass is 32.2. The zero-order valence-electron chi connectivity index (χ0n) is 15.1. The molecule has 2 aromatic rings. The van der Waals surface area contributed by atoms with Crippen molar-refractivity contribution in [1.29, 1.82) is 0 Å². The number of hydrogen-bond donors (Lipinski definition) is 0. The Morgan fingerprint density at radius 3 is 2.58 bits per heavy atom. The highest BCUT2D eigenvalue weighted by Gasteiger charge is 2.37. The van der Waals surface area contributed by atoms with E-state index in [0.717, 1.165) is 24.0 Å². The maximum absolute atomic E-state index is 12.8. The van der Waals surface area contributed by atoms with Gasteiger partial charge in [-0.3, -0.25) is 9.69 Å². The maximum atomic E-state index is 12.8. The predicted octanol–water partition coefficient (Wildman–Crippen LogP) is 4.63. The monoisotopic (exact) mass is 365 g/mol. The van der Waals surface area contributed by atoms with Crippen LogP contribution in [0, 0.1) is 6.92 Å². The van der Waals surface area contributed by atoms with Crippen LogP contribution in [0.4, 0.5) is 0 Å². The molecule has 26 heavy (non-hydrogen) atoms. The average molecular weight is 366 g/mol. The van der Waals surface area contributed by atoms with E-state index in [-0.39, 0.29) is 11.2 Å². The summed E-state index contributed by atoms with van der Waals surface area (Å²) in [5, 5.41) is 9.20. The van der Waals surface area contributed by atoms with Gasteiger partial charge in [0.1, 0.15) is 0 Å². The van der Waals surface area contributed by atoms with Crippen molar-refractivity contribution in [2.24, 2.45) is 10.2 Å². The van der Waals surface area contributed by atoms with Gasteiger partial charge in [-0.15, -0.1) is 5.10 Å². The summed E-state index contributed by atoms with van der Waals surface area (Å²) in [6.07, 6.45) is 3.55. The van der Waals surface area contributed by atoms with Crippen LogP contribution in [0.1, 0.15) is 36.5 Å². The molecule has 0 aliphatic carbocycles. The van der Waals surface area contributed by atoms with Crippen molar-refractivity contribution < 1.29 is 4.79 Å². The van der Waals surface area contributed by atoms with Gasteiger partial charge in [-0.1, -0.05) is 79.7 Å². The zero-order valence-corrected chi connectivity index (χ0v) is 15.9. The van der Waals surface area contributed by atoms with E-state index in [1.807, 2.05) is 42.5 Å². The molecule has 1 atom stereocenters. The summed E-state index contributed by atoms with van der Waals surface area (Å²) in [5.41, 5.74) is 3.30. The molecule has 1 heterocycles. The van der Waals surface area contributed by atoms with Crippen molar-refractivity contribution in [1.82, 2.24) is 4.90 Å². The number of amidine groups is 1. The van der Waals surface area contributed by atoms with Gasteiger partial charge in [-0.2, -0.15) is 5.10 Å². The number of aryl methyl sites for hydroxylation is 1. The van der Waals surface area contributed by atoms with Gasteiger partial charge in [0, 0.05) is 0 Å². The highest BCUT2D eigenvalue weighted by molar-refractivity contribution is 8.15. The van der Waals surface area contributed by atoms with E-state index in [0.29, 0.717) is 11.7 Å². The fourth-order valence-electron chi connectivity index (χ4n) is 2.82. The van der Waals surface area contributed by atoms with E-state index in [4.69, 9.17) is 0 Å². The molecule has 4 nitrogen and oxygen atoms in total. The molecule has 0 radical (unpaired) electrons. The van der Waals surface area contributed by atoms with Crippen molar-refractivity contribution in [2.45, 2.75) is 38.5 Å². The van der Waals surface area contributed by atoms with Gasteiger partial charge in [0.25, 0.3) is 0 Å². The van der Waals surface area contributed by atoms with Crippen molar-refractivity contribution in [2.75, 3.05) is 0 Å². The lowest BCUT2D eigenvalue weighted by atomic mass is 10.1. The van der Waals surface area contributed by atoms with Gasteiger partial charge < -0.3 is 0 Å². The van der Waals surface area contributed by atoms with E-state index in [9.17, 15) is 4.79 Å². The van der Waals surface area contributed by atoms with Crippen molar-refractivity contribution in [3.8, 4) is 0 Å². The van der Waals surface area contributed by atoms with Gasteiger partial charge in [-0.05, 0) is 30.0 Å². The standard InChI is InChI=1S/C21H23N3OS/c1-3-9-19-20(25)24(15-18-13-8-7-10-16(18)2)21(26-19)23-22-14-17-11-5-4-6-12-17/h4-8,10-14,19H,3,9,15H2,1-2H3/b22-14+,23-21-. The number of nitrogens with zero attached hydrogens (tertiary/aromatic N) is 3. The van der Waals surface area contributed by atoms with Crippen molar-refractivity contribution in [3.63, 3.8) is 0 Å². The van der Waals surface area contributed by atoms with E-state index < -0.39 is 0 Å². The molecule has 1 amide bonds. The molecular weight excluding hydrogens is 342 g/mol. The third-order valence-electron chi connectivity index (χ3n) is 4.31. The Labute approximate surface area is 159 Å². The fourth-order valence-corrected chi connectivity index (χ4v) is 4.03. The quantitative estimate of drug-likeness (QED) is 0.553. The highest BCUT2D eigenvalue weighted by Crippen LogP contribution is 2.32. The maximum Gasteiger partial charge on any atom is 0.242 e. The molecule has 1 saturated heterocycles.